The van der Waals surface area contributed by atoms with Gasteiger partial charge in [-0.3, -0.25) is 9.98 Å². The second-order valence-corrected chi connectivity index (χ2v) is 6.52. The van der Waals surface area contributed by atoms with Crippen LogP contribution in [0.1, 0.15) is 12.6 Å². The first-order valence-electron chi connectivity index (χ1n) is 7.74. The lowest BCUT2D eigenvalue weighted by Gasteiger charge is -2.06. The van der Waals surface area contributed by atoms with Crippen LogP contribution >= 0.6 is 22.9 Å². The Morgan fingerprint density at radius 1 is 1.28 bits per heavy atom. The number of nitrogens with zero attached hydrogens (tertiary/aromatic N) is 4. The van der Waals surface area contributed by atoms with Gasteiger partial charge >= 0.3 is 0 Å². The lowest BCUT2D eigenvalue weighted by Crippen LogP contribution is -2.15. The van der Waals surface area contributed by atoms with Gasteiger partial charge in [0.1, 0.15) is 0 Å². The van der Waals surface area contributed by atoms with Gasteiger partial charge in [0.05, 0.1) is 23.6 Å². The van der Waals surface area contributed by atoms with Crippen molar-refractivity contribution in [2.45, 2.75) is 6.92 Å². The molecule has 0 fully saturated rings. The van der Waals surface area contributed by atoms with Gasteiger partial charge in [0, 0.05) is 22.2 Å². The topological polar surface area (TPSA) is 42.5 Å². The van der Waals surface area contributed by atoms with Crippen LogP contribution in [0.2, 0.25) is 5.02 Å². The molecule has 0 N–H and O–H groups in total. The maximum Gasteiger partial charge on any atom is 0.206 e. The average molecular weight is 369 g/mol. The van der Waals surface area contributed by atoms with Crippen LogP contribution in [0, 0.1) is 0 Å². The Morgan fingerprint density at radius 2 is 2.08 bits per heavy atom. The Hall–Kier alpha value is -2.50. The minimum atomic E-state index is 0.540. The van der Waals surface area contributed by atoms with Crippen LogP contribution in [-0.2, 0) is 0 Å². The number of aromatic nitrogens is 2. The molecule has 3 aromatic rings. The summed E-state index contributed by atoms with van der Waals surface area (Å²) in [5, 5.41) is 7.51. The summed E-state index contributed by atoms with van der Waals surface area (Å²) in [6, 6.07) is 13.5. The number of halogens is 1. The molecule has 6 heteroatoms. The molecular formula is C19H17ClN4S. The standard InChI is InChI=1S/C19H17ClN4S/c1-3-11-22-19-24(23-14(2)17-6-4-5-12-21-17)18(13-25-19)15-7-9-16(20)10-8-15/h3-10,12-13H,1,11H2,2H3/b22-19?,23-14-. The van der Waals surface area contributed by atoms with Crippen molar-refractivity contribution in [3.05, 3.63) is 82.2 Å². The third-order valence-corrected chi connectivity index (χ3v) is 4.57. The van der Waals surface area contributed by atoms with Gasteiger partial charge in [0.25, 0.3) is 0 Å². The monoisotopic (exact) mass is 368 g/mol. The summed E-state index contributed by atoms with van der Waals surface area (Å²) in [7, 11) is 0. The fourth-order valence-corrected chi connectivity index (χ4v) is 3.21. The third kappa shape index (κ3) is 4.13. The van der Waals surface area contributed by atoms with E-state index in [2.05, 4.69) is 16.6 Å². The molecule has 0 saturated carbocycles. The van der Waals surface area contributed by atoms with Crippen LogP contribution in [0.5, 0.6) is 0 Å². The summed E-state index contributed by atoms with van der Waals surface area (Å²) >= 11 is 7.55. The van der Waals surface area contributed by atoms with E-state index in [-0.39, 0.29) is 0 Å². The zero-order valence-corrected chi connectivity index (χ0v) is 15.3. The van der Waals surface area contributed by atoms with Gasteiger partial charge in [-0.15, -0.1) is 17.9 Å². The molecule has 1 aromatic carbocycles. The molecule has 0 aliphatic rings. The predicted octanol–water partition coefficient (Wildman–Crippen LogP) is 4.62. The second kappa shape index (κ2) is 8.05. The molecule has 0 unspecified atom stereocenters. The fraction of sp³-hybridized carbons (Fsp3) is 0.105. The van der Waals surface area contributed by atoms with Crippen LogP contribution in [-0.4, -0.2) is 21.9 Å². The van der Waals surface area contributed by atoms with Gasteiger partial charge in [-0.2, -0.15) is 5.10 Å². The molecule has 0 saturated heterocycles. The Balaban J connectivity index is 2.13. The van der Waals surface area contributed by atoms with Crippen molar-refractivity contribution in [1.82, 2.24) is 9.66 Å². The Morgan fingerprint density at radius 3 is 2.76 bits per heavy atom. The molecule has 0 aliphatic carbocycles. The molecule has 0 amide bonds. The highest BCUT2D eigenvalue weighted by atomic mass is 35.5. The van der Waals surface area contributed by atoms with Crippen molar-refractivity contribution in [2.75, 3.05) is 6.54 Å². The summed E-state index contributed by atoms with van der Waals surface area (Å²) in [6.45, 7) is 6.21. The van der Waals surface area contributed by atoms with Gasteiger partial charge in [0.2, 0.25) is 4.80 Å². The largest absolute Gasteiger partial charge is 0.255 e. The molecule has 3 rings (SSSR count). The van der Waals surface area contributed by atoms with E-state index in [1.165, 1.54) is 0 Å². The van der Waals surface area contributed by atoms with E-state index in [1.807, 2.05) is 59.4 Å². The van der Waals surface area contributed by atoms with Crippen molar-refractivity contribution >= 4 is 28.6 Å². The van der Waals surface area contributed by atoms with Crippen LogP contribution in [0.3, 0.4) is 0 Å². The van der Waals surface area contributed by atoms with Gasteiger partial charge in [-0.1, -0.05) is 35.9 Å². The molecule has 0 aliphatic heterocycles. The lowest BCUT2D eigenvalue weighted by molar-refractivity contribution is 0.833. The van der Waals surface area contributed by atoms with Crippen molar-refractivity contribution < 1.29 is 0 Å². The van der Waals surface area contributed by atoms with Crippen molar-refractivity contribution in [2.24, 2.45) is 10.1 Å². The summed E-state index contributed by atoms with van der Waals surface area (Å²) in [4.78, 5) is 9.71. The third-order valence-electron chi connectivity index (χ3n) is 3.47. The number of hydrogen-bond acceptors (Lipinski definition) is 4. The second-order valence-electron chi connectivity index (χ2n) is 5.25. The smallest absolute Gasteiger partial charge is 0.206 e. The minimum Gasteiger partial charge on any atom is -0.255 e. The van der Waals surface area contributed by atoms with Crippen LogP contribution in [0.4, 0.5) is 0 Å². The number of pyridine rings is 1. The van der Waals surface area contributed by atoms with E-state index in [0.29, 0.717) is 11.6 Å². The fourth-order valence-electron chi connectivity index (χ4n) is 2.24. The van der Waals surface area contributed by atoms with Crippen LogP contribution < -0.4 is 4.80 Å². The minimum absolute atomic E-state index is 0.540. The predicted molar refractivity (Wildman–Crippen MR) is 105 cm³/mol. The molecular weight excluding hydrogens is 352 g/mol. The Kier molecular flexibility index (Phi) is 5.58. The SMILES string of the molecule is C=CCN=c1scc(-c2ccc(Cl)cc2)n1/N=C(/C)c1ccccn1. The lowest BCUT2D eigenvalue weighted by atomic mass is 10.2. The first-order valence-corrected chi connectivity index (χ1v) is 8.99. The zero-order valence-electron chi connectivity index (χ0n) is 13.8. The molecule has 0 bridgehead atoms. The molecule has 0 spiro atoms. The van der Waals surface area contributed by atoms with E-state index in [1.54, 1.807) is 23.6 Å². The number of benzene rings is 1. The van der Waals surface area contributed by atoms with E-state index in [4.69, 9.17) is 16.7 Å². The Bertz CT molecular complexity index is 953. The maximum atomic E-state index is 6.01. The highest BCUT2D eigenvalue weighted by molar-refractivity contribution is 7.07. The summed E-state index contributed by atoms with van der Waals surface area (Å²) < 4.78 is 1.85. The van der Waals surface area contributed by atoms with Gasteiger partial charge in [-0.05, 0) is 31.2 Å². The Labute approximate surface area is 155 Å². The van der Waals surface area contributed by atoms with Crippen molar-refractivity contribution in [3.63, 3.8) is 0 Å². The first kappa shape index (κ1) is 17.3. The van der Waals surface area contributed by atoms with E-state index in [9.17, 15) is 0 Å². The molecule has 4 nitrogen and oxygen atoms in total. The summed E-state index contributed by atoms with van der Waals surface area (Å²) in [6.07, 6.45) is 3.52. The van der Waals surface area contributed by atoms with Crippen molar-refractivity contribution in [1.29, 1.82) is 0 Å². The summed E-state index contributed by atoms with van der Waals surface area (Å²) in [5.74, 6) is 0. The highest BCUT2D eigenvalue weighted by Crippen LogP contribution is 2.22. The zero-order chi connectivity index (χ0) is 17.6. The van der Waals surface area contributed by atoms with Crippen LogP contribution in [0.25, 0.3) is 11.3 Å². The molecule has 25 heavy (non-hydrogen) atoms. The number of thiazole rings is 1. The molecule has 2 aromatic heterocycles. The van der Waals surface area contributed by atoms with E-state index in [0.717, 1.165) is 27.5 Å². The van der Waals surface area contributed by atoms with Gasteiger partial charge in [-0.25, -0.2) is 4.68 Å². The van der Waals surface area contributed by atoms with Gasteiger partial charge in [0.15, 0.2) is 0 Å². The number of hydrogen-bond donors (Lipinski definition) is 0. The average Bonchev–Trinajstić information content (AvgIpc) is 3.04. The van der Waals surface area contributed by atoms with E-state index < -0.39 is 0 Å². The van der Waals surface area contributed by atoms with Gasteiger partial charge < -0.3 is 0 Å². The first-order chi connectivity index (χ1) is 12.2. The highest BCUT2D eigenvalue weighted by Gasteiger charge is 2.09. The quantitative estimate of drug-likeness (QED) is 0.478. The van der Waals surface area contributed by atoms with Crippen molar-refractivity contribution in [3.8, 4) is 11.3 Å². The maximum absolute atomic E-state index is 6.01. The number of rotatable bonds is 5. The molecule has 0 atom stereocenters. The van der Waals surface area contributed by atoms with E-state index >= 15 is 0 Å². The summed E-state index contributed by atoms with van der Waals surface area (Å²) in [5.41, 5.74) is 3.63. The normalized spacial score (nSPS) is 12.4. The molecule has 126 valence electrons. The molecule has 2 heterocycles. The molecule has 0 radical (unpaired) electrons. The van der Waals surface area contributed by atoms with Crippen LogP contribution in [0.15, 0.2) is 76.8 Å².